The summed E-state index contributed by atoms with van der Waals surface area (Å²) in [5, 5.41) is 3.45. The third-order valence-corrected chi connectivity index (χ3v) is 3.04. The van der Waals surface area contributed by atoms with Crippen LogP contribution in [0, 0.1) is 6.92 Å². The maximum absolute atomic E-state index is 3.45. The minimum absolute atomic E-state index is 0.744. The predicted octanol–water partition coefficient (Wildman–Crippen LogP) is 1.80. The van der Waals surface area contributed by atoms with Crippen molar-refractivity contribution in [2.45, 2.75) is 25.7 Å². The van der Waals surface area contributed by atoms with Gasteiger partial charge in [0.15, 0.2) is 0 Å². The fourth-order valence-corrected chi connectivity index (χ4v) is 2.07. The minimum Gasteiger partial charge on any atom is -0.354 e. The SMILES string of the molecule is Cc1cc(C2CCCNC2)cn1C. The first kappa shape index (κ1) is 8.82. The van der Waals surface area contributed by atoms with Gasteiger partial charge in [0.2, 0.25) is 0 Å². The number of aromatic nitrogens is 1. The standard InChI is InChI=1S/C11H18N2/c1-9-6-11(8-13(9)2)10-4-3-5-12-7-10/h6,8,10,12H,3-5,7H2,1-2H3. The molecule has 0 saturated carbocycles. The van der Waals surface area contributed by atoms with Gasteiger partial charge in [-0.25, -0.2) is 0 Å². The van der Waals surface area contributed by atoms with Gasteiger partial charge >= 0.3 is 0 Å². The first-order valence-corrected chi connectivity index (χ1v) is 5.11. The first-order chi connectivity index (χ1) is 6.27. The molecule has 0 bridgehead atoms. The quantitative estimate of drug-likeness (QED) is 0.694. The van der Waals surface area contributed by atoms with E-state index in [0.717, 1.165) is 12.5 Å². The molecule has 72 valence electrons. The second-order valence-electron chi connectivity index (χ2n) is 4.07. The van der Waals surface area contributed by atoms with E-state index in [-0.39, 0.29) is 0 Å². The van der Waals surface area contributed by atoms with Gasteiger partial charge in [-0.05, 0) is 43.9 Å². The minimum atomic E-state index is 0.744. The number of aryl methyl sites for hydroxylation is 2. The third kappa shape index (κ3) is 1.78. The third-order valence-electron chi connectivity index (χ3n) is 3.04. The predicted molar refractivity (Wildman–Crippen MR) is 55.0 cm³/mol. The number of piperidine rings is 1. The zero-order valence-corrected chi connectivity index (χ0v) is 8.51. The highest BCUT2D eigenvalue weighted by Gasteiger charge is 2.16. The summed E-state index contributed by atoms with van der Waals surface area (Å²) in [5.41, 5.74) is 2.87. The molecular formula is C11H18N2. The molecule has 1 N–H and O–H groups in total. The first-order valence-electron chi connectivity index (χ1n) is 5.11. The van der Waals surface area contributed by atoms with Crippen molar-refractivity contribution in [2.75, 3.05) is 13.1 Å². The van der Waals surface area contributed by atoms with Crippen LogP contribution in [-0.2, 0) is 7.05 Å². The van der Waals surface area contributed by atoms with Crippen LogP contribution in [-0.4, -0.2) is 17.7 Å². The molecule has 0 spiro atoms. The summed E-state index contributed by atoms with van der Waals surface area (Å²) in [6.45, 7) is 4.52. The Bertz CT molecular complexity index is 263. The molecule has 0 amide bonds. The molecule has 1 aromatic rings. The van der Waals surface area contributed by atoms with Crippen LogP contribution in [0.25, 0.3) is 0 Å². The van der Waals surface area contributed by atoms with Crippen molar-refractivity contribution >= 4 is 0 Å². The summed E-state index contributed by atoms with van der Waals surface area (Å²) in [7, 11) is 2.12. The number of nitrogens with zero attached hydrogens (tertiary/aromatic N) is 1. The van der Waals surface area contributed by atoms with Crippen LogP contribution >= 0.6 is 0 Å². The van der Waals surface area contributed by atoms with Gasteiger partial charge in [-0.2, -0.15) is 0 Å². The molecule has 2 heteroatoms. The molecule has 13 heavy (non-hydrogen) atoms. The Balaban J connectivity index is 2.14. The molecule has 2 rings (SSSR count). The van der Waals surface area contributed by atoms with Crippen molar-refractivity contribution < 1.29 is 0 Å². The van der Waals surface area contributed by atoms with Crippen LogP contribution in [0.1, 0.15) is 30.0 Å². The van der Waals surface area contributed by atoms with Crippen molar-refractivity contribution in [3.05, 3.63) is 23.5 Å². The highest BCUT2D eigenvalue weighted by atomic mass is 14.9. The number of hydrogen-bond acceptors (Lipinski definition) is 1. The van der Waals surface area contributed by atoms with Crippen LogP contribution in [0.5, 0.6) is 0 Å². The summed E-state index contributed by atoms with van der Waals surface area (Å²) in [4.78, 5) is 0. The van der Waals surface area contributed by atoms with Crippen molar-refractivity contribution in [3.63, 3.8) is 0 Å². The van der Waals surface area contributed by atoms with Gasteiger partial charge in [-0.3, -0.25) is 0 Å². The van der Waals surface area contributed by atoms with Gasteiger partial charge in [0.05, 0.1) is 0 Å². The fraction of sp³-hybridized carbons (Fsp3) is 0.636. The summed E-state index contributed by atoms with van der Waals surface area (Å²) in [6, 6.07) is 2.32. The van der Waals surface area contributed by atoms with Crippen molar-refractivity contribution in [1.82, 2.24) is 9.88 Å². The van der Waals surface area contributed by atoms with Gasteiger partial charge in [-0.1, -0.05) is 0 Å². The lowest BCUT2D eigenvalue weighted by atomic mass is 9.94. The van der Waals surface area contributed by atoms with E-state index in [1.807, 2.05) is 0 Å². The van der Waals surface area contributed by atoms with E-state index in [1.54, 1.807) is 0 Å². The monoisotopic (exact) mass is 178 g/mol. The number of rotatable bonds is 1. The molecule has 1 unspecified atom stereocenters. The van der Waals surface area contributed by atoms with E-state index in [4.69, 9.17) is 0 Å². The van der Waals surface area contributed by atoms with Gasteiger partial charge in [-0.15, -0.1) is 0 Å². The number of nitrogens with one attached hydrogen (secondary N) is 1. The average molecular weight is 178 g/mol. The molecule has 2 heterocycles. The summed E-state index contributed by atoms with van der Waals surface area (Å²) in [5.74, 6) is 0.744. The van der Waals surface area contributed by atoms with Gasteiger partial charge in [0.25, 0.3) is 0 Å². The van der Waals surface area contributed by atoms with Crippen LogP contribution in [0.15, 0.2) is 12.3 Å². The molecule has 0 aliphatic carbocycles. The fourth-order valence-electron chi connectivity index (χ4n) is 2.07. The Morgan fingerprint density at radius 2 is 2.38 bits per heavy atom. The molecule has 1 aliphatic heterocycles. The van der Waals surface area contributed by atoms with Crippen molar-refractivity contribution in [2.24, 2.45) is 7.05 Å². The Morgan fingerprint density at radius 3 is 2.92 bits per heavy atom. The van der Waals surface area contributed by atoms with Gasteiger partial charge in [0, 0.05) is 25.5 Å². The molecule has 1 fully saturated rings. The summed E-state index contributed by atoms with van der Waals surface area (Å²) in [6.07, 6.45) is 4.93. The highest BCUT2D eigenvalue weighted by Crippen LogP contribution is 2.24. The van der Waals surface area contributed by atoms with E-state index >= 15 is 0 Å². The van der Waals surface area contributed by atoms with E-state index < -0.39 is 0 Å². The molecule has 1 saturated heterocycles. The molecular weight excluding hydrogens is 160 g/mol. The van der Waals surface area contributed by atoms with Crippen molar-refractivity contribution in [1.29, 1.82) is 0 Å². The van der Waals surface area contributed by atoms with Crippen molar-refractivity contribution in [3.8, 4) is 0 Å². The molecule has 0 aromatic carbocycles. The topological polar surface area (TPSA) is 17.0 Å². The molecule has 1 aromatic heterocycles. The van der Waals surface area contributed by atoms with Gasteiger partial charge < -0.3 is 9.88 Å². The lowest BCUT2D eigenvalue weighted by Crippen LogP contribution is -2.28. The Kier molecular flexibility index (Phi) is 2.40. The second kappa shape index (κ2) is 3.54. The summed E-state index contributed by atoms with van der Waals surface area (Å²) < 4.78 is 2.21. The second-order valence-corrected chi connectivity index (χ2v) is 4.07. The Labute approximate surface area is 79.9 Å². The van der Waals surface area contributed by atoms with E-state index in [1.165, 1.54) is 30.6 Å². The molecule has 1 atom stereocenters. The zero-order chi connectivity index (χ0) is 9.26. The molecule has 2 nitrogen and oxygen atoms in total. The van der Waals surface area contributed by atoms with E-state index in [9.17, 15) is 0 Å². The smallest absolute Gasteiger partial charge is 0.0143 e. The van der Waals surface area contributed by atoms with E-state index in [0.29, 0.717) is 0 Å². The maximum atomic E-state index is 3.45. The van der Waals surface area contributed by atoms with Crippen LogP contribution in [0.3, 0.4) is 0 Å². The zero-order valence-electron chi connectivity index (χ0n) is 8.51. The largest absolute Gasteiger partial charge is 0.354 e. The number of hydrogen-bond donors (Lipinski definition) is 1. The van der Waals surface area contributed by atoms with Crippen LogP contribution < -0.4 is 5.32 Å². The normalized spacial score (nSPS) is 23.4. The molecule has 0 radical (unpaired) electrons. The van der Waals surface area contributed by atoms with Crippen LogP contribution in [0.2, 0.25) is 0 Å². The molecule has 1 aliphatic rings. The maximum Gasteiger partial charge on any atom is 0.0143 e. The Hall–Kier alpha value is -0.760. The average Bonchev–Trinajstić information content (AvgIpc) is 2.49. The van der Waals surface area contributed by atoms with Crippen LogP contribution in [0.4, 0.5) is 0 Å². The van der Waals surface area contributed by atoms with E-state index in [2.05, 4.69) is 36.1 Å². The lowest BCUT2D eigenvalue weighted by molar-refractivity contribution is 0.461. The summed E-state index contributed by atoms with van der Waals surface area (Å²) >= 11 is 0. The van der Waals surface area contributed by atoms with Gasteiger partial charge in [0.1, 0.15) is 0 Å². The highest BCUT2D eigenvalue weighted by molar-refractivity contribution is 5.22. The lowest BCUT2D eigenvalue weighted by Gasteiger charge is -2.21. The Morgan fingerprint density at radius 1 is 1.54 bits per heavy atom.